The highest BCUT2D eigenvalue weighted by molar-refractivity contribution is 5.09. The topological polar surface area (TPSA) is 46.0 Å². The van der Waals surface area contributed by atoms with E-state index in [1.807, 2.05) is 6.07 Å². The lowest BCUT2D eigenvalue weighted by molar-refractivity contribution is 0.112. The van der Waals surface area contributed by atoms with E-state index in [9.17, 15) is 5.11 Å². The third kappa shape index (κ3) is 2.77. The molecule has 3 nitrogen and oxygen atoms in total. The summed E-state index contributed by atoms with van der Waals surface area (Å²) >= 11 is 0. The Balaban J connectivity index is 2.62. The predicted octanol–water partition coefficient (Wildman–Crippen LogP) is 1.95. The van der Waals surface area contributed by atoms with Crippen LogP contribution in [0.1, 0.15) is 38.4 Å². The number of aromatic nitrogens is 2. The van der Waals surface area contributed by atoms with Gasteiger partial charge in [-0.3, -0.25) is 0 Å². The van der Waals surface area contributed by atoms with Crippen LogP contribution in [0.4, 0.5) is 0 Å². The summed E-state index contributed by atoms with van der Waals surface area (Å²) in [6, 6.07) is 1.81. The highest BCUT2D eigenvalue weighted by atomic mass is 16.3. The lowest BCUT2D eigenvalue weighted by Crippen LogP contribution is -2.09. The van der Waals surface area contributed by atoms with Crippen LogP contribution in [-0.2, 0) is 0 Å². The summed E-state index contributed by atoms with van der Waals surface area (Å²) in [6.07, 6.45) is 4.95. The van der Waals surface area contributed by atoms with Gasteiger partial charge >= 0.3 is 0 Å². The lowest BCUT2D eigenvalue weighted by Gasteiger charge is -2.17. The van der Waals surface area contributed by atoms with Gasteiger partial charge in [0.2, 0.25) is 0 Å². The molecule has 0 aliphatic heterocycles. The molecule has 0 amide bonds. The van der Waals surface area contributed by atoms with Gasteiger partial charge in [0.1, 0.15) is 0 Å². The highest BCUT2D eigenvalue weighted by Gasteiger charge is 2.15. The van der Waals surface area contributed by atoms with Crippen molar-refractivity contribution in [1.82, 2.24) is 10.2 Å². The molecule has 2 atom stereocenters. The Kier molecular flexibility index (Phi) is 3.83. The molecule has 13 heavy (non-hydrogen) atoms. The third-order valence-electron chi connectivity index (χ3n) is 2.23. The molecule has 0 spiro atoms. The molecule has 1 aromatic heterocycles. The number of aliphatic hydroxyl groups is 1. The zero-order chi connectivity index (χ0) is 9.68. The quantitative estimate of drug-likeness (QED) is 0.770. The van der Waals surface area contributed by atoms with Crippen LogP contribution >= 0.6 is 0 Å². The zero-order valence-electron chi connectivity index (χ0n) is 8.14. The average molecular weight is 180 g/mol. The largest absolute Gasteiger partial charge is 0.388 e. The van der Waals surface area contributed by atoms with E-state index in [0.717, 1.165) is 18.4 Å². The molecule has 0 aliphatic rings. The van der Waals surface area contributed by atoms with E-state index in [0.29, 0.717) is 0 Å². The molecule has 1 rings (SSSR count). The molecule has 0 bridgehead atoms. The molecule has 1 heterocycles. The van der Waals surface area contributed by atoms with Gasteiger partial charge in [0.15, 0.2) is 0 Å². The number of hydrogen-bond donors (Lipinski definition) is 1. The van der Waals surface area contributed by atoms with Gasteiger partial charge in [-0.2, -0.15) is 10.2 Å². The maximum Gasteiger partial charge on any atom is 0.0831 e. The van der Waals surface area contributed by atoms with Crippen LogP contribution in [-0.4, -0.2) is 15.3 Å². The van der Waals surface area contributed by atoms with Gasteiger partial charge in [-0.15, -0.1) is 0 Å². The van der Waals surface area contributed by atoms with Crippen molar-refractivity contribution in [2.24, 2.45) is 5.92 Å². The molecular weight excluding hydrogens is 164 g/mol. The Hall–Kier alpha value is -0.960. The molecule has 0 saturated carbocycles. The number of aliphatic hydroxyl groups excluding tert-OH is 1. The van der Waals surface area contributed by atoms with Gasteiger partial charge in [0.05, 0.1) is 12.3 Å². The Bertz CT molecular complexity index is 238. The predicted molar refractivity (Wildman–Crippen MR) is 51.1 cm³/mol. The van der Waals surface area contributed by atoms with Crippen LogP contribution in [0.25, 0.3) is 0 Å². The van der Waals surface area contributed by atoms with E-state index in [2.05, 4.69) is 24.0 Å². The van der Waals surface area contributed by atoms with E-state index in [1.54, 1.807) is 12.4 Å². The summed E-state index contributed by atoms with van der Waals surface area (Å²) in [4.78, 5) is 0. The summed E-state index contributed by atoms with van der Waals surface area (Å²) in [5.74, 6) is 0.286. The van der Waals surface area contributed by atoms with Gasteiger partial charge in [-0.05, 0) is 18.4 Å². The second kappa shape index (κ2) is 4.92. The van der Waals surface area contributed by atoms with Crippen LogP contribution in [0.3, 0.4) is 0 Å². The van der Waals surface area contributed by atoms with E-state index in [1.165, 1.54) is 0 Å². The Labute approximate surface area is 78.8 Å². The molecule has 1 aromatic rings. The van der Waals surface area contributed by atoms with Gasteiger partial charge in [-0.1, -0.05) is 20.3 Å². The minimum Gasteiger partial charge on any atom is -0.388 e. The highest BCUT2D eigenvalue weighted by Crippen LogP contribution is 2.23. The molecule has 3 heteroatoms. The van der Waals surface area contributed by atoms with Gasteiger partial charge in [-0.25, -0.2) is 0 Å². The Morgan fingerprint density at radius 1 is 1.46 bits per heavy atom. The first-order valence-electron chi connectivity index (χ1n) is 4.70. The second-order valence-electron chi connectivity index (χ2n) is 3.39. The van der Waals surface area contributed by atoms with E-state index in [-0.39, 0.29) is 5.92 Å². The Morgan fingerprint density at radius 3 is 2.77 bits per heavy atom. The van der Waals surface area contributed by atoms with Crippen LogP contribution in [0, 0.1) is 5.92 Å². The summed E-state index contributed by atoms with van der Waals surface area (Å²) in [5, 5.41) is 17.3. The summed E-state index contributed by atoms with van der Waals surface area (Å²) in [7, 11) is 0. The smallest absolute Gasteiger partial charge is 0.0831 e. The summed E-state index contributed by atoms with van der Waals surface area (Å²) in [6.45, 7) is 4.17. The molecule has 0 saturated heterocycles. The van der Waals surface area contributed by atoms with Crippen molar-refractivity contribution in [2.45, 2.75) is 32.8 Å². The SMILES string of the molecule is CCCC(C)C(O)c1ccnnc1. The summed E-state index contributed by atoms with van der Waals surface area (Å²) in [5.41, 5.74) is 0.857. The monoisotopic (exact) mass is 180 g/mol. The number of nitrogens with zero attached hydrogens (tertiary/aromatic N) is 2. The number of hydrogen-bond acceptors (Lipinski definition) is 3. The molecule has 0 aliphatic carbocycles. The van der Waals surface area contributed by atoms with Crippen molar-refractivity contribution in [3.63, 3.8) is 0 Å². The molecule has 72 valence electrons. The van der Waals surface area contributed by atoms with Crippen molar-refractivity contribution >= 4 is 0 Å². The van der Waals surface area contributed by atoms with Gasteiger partial charge in [0, 0.05) is 11.8 Å². The molecular formula is C10H16N2O. The molecule has 0 radical (unpaired) electrons. The minimum absolute atomic E-state index is 0.286. The van der Waals surface area contributed by atoms with Gasteiger partial charge < -0.3 is 5.11 Å². The first kappa shape index (κ1) is 10.1. The van der Waals surface area contributed by atoms with Crippen molar-refractivity contribution in [1.29, 1.82) is 0 Å². The van der Waals surface area contributed by atoms with Gasteiger partial charge in [0.25, 0.3) is 0 Å². The van der Waals surface area contributed by atoms with Crippen LogP contribution in [0.15, 0.2) is 18.5 Å². The minimum atomic E-state index is -0.407. The maximum absolute atomic E-state index is 9.85. The fraction of sp³-hybridized carbons (Fsp3) is 0.600. The second-order valence-corrected chi connectivity index (χ2v) is 3.39. The zero-order valence-corrected chi connectivity index (χ0v) is 8.14. The molecule has 1 N–H and O–H groups in total. The standard InChI is InChI=1S/C10H16N2O/c1-3-4-8(2)10(13)9-5-6-11-12-7-9/h5-8,10,13H,3-4H2,1-2H3. The van der Waals surface area contributed by atoms with Crippen LogP contribution in [0.2, 0.25) is 0 Å². The van der Waals surface area contributed by atoms with Crippen LogP contribution < -0.4 is 0 Å². The first-order valence-corrected chi connectivity index (χ1v) is 4.70. The third-order valence-corrected chi connectivity index (χ3v) is 2.23. The van der Waals surface area contributed by atoms with E-state index < -0.39 is 6.10 Å². The maximum atomic E-state index is 9.85. The van der Waals surface area contributed by atoms with Crippen molar-refractivity contribution in [2.75, 3.05) is 0 Å². The fourth-order valence-corrected chi connectivity index (χ4v) is 1.42. The van der Waals surface area contributed by atoms with E-state index in [4.69, 9.17) is 0 Å². The number of rotatable bonds is 4. The lowest BCUT2D eigenvalue weighted by atomic mass is 9.95. The van der Waals surface area contributed by atoms with Crippen molar-refractivity contribution in [3.8, 4) is 0 Å². The summed E-state index contributed by atoms with van der Waals surface area (Å²) < 4.78 is 0. The first-order chi connectivity index (χ1) is 6.25. The molecule has 0 fully saturated rings. The van der Waals surface area contributed by atoms with Crippen molar-refractivity contribution < 1.29 is 5.11 Å². The van der Waals surface area contributed by atoms with Crippen LogP contribution in [0.5, 0.6) is 0 Å². The average Bonchev–Trinajstić information content (AvgIpc) is 2.18. The van der Waals surface area contributed by atoms with E-state index >= 15 is 0 Å². The molecule has 2 unspecified atom stereocenters. The fourth-order valence-electron chi connectivity index (χ4n) is 1.42. The van der Waals surface area contributed by atoms with Crippen molar-refractivity contribution in [3.05, 3.63) is 24.0 Å². The molecule has 0 aromatic carbocycles. The Morgan fingerprint density at radius 2 is 2.23 bits per heavy atom. The normalized spacial score (nSPS) is 15.3.